The Bertz CT molecular complexity index is 514. The number of likely N-dealkylation sites (tertiary alicyclic amines) is 1. The Morgan fingerprint density at radius 3 is 2.48 bits per heavy atom. The third kappa shape index (κ3) is 4.22. The molecule has 1 fully saturated rings. The summed E-state index contributed by atoms with van der Waals surface area (Å²) in [5.74, 6) is 0.529. The molecular formula is C17H24BrNO2. The molecule has 3 nitrogen and oxygen atoms in total. The van der Waals surface area contributed by atoms with Gasteiger partial charge in [0.25, 0.3) is 0 Å². The first kappa shape index (κ1) is 16.3. The predicted octanol–water partition coefficient (Wildman–Crippen LogP) is 4.87. The molecule has 0 radical (unpaired) electrons. The highest BCUT2D eigenvalue weighted by Crippen LogP contribution is 2.33. The lowest BCUT2D eigenvalue weighted by Gasteiger charge is -2.34. The van der Waals surface area contributed by atoms with Crippen molar-refractivity contribution < 1.29 is 9.53 Å². The van der Waals surface area contributed by atoms with Crippen molar-refractivity contribution in [3.8, 4) is 0 Å². The number of piperidine rings is 1. The van der Waals surface area contributed by atoms with Crippen molar-refractivity contribution in [3.05, 3.63) is 33.8 Å². The van der Waals surface area contributed by atoms with Crippen molar-refractivity contribution in [2.24, 2.45) is 0 Å². The maximum absolute atomic E-state index is 12.1. The van der Waals surface area contributed by atoms with E-state index < -0.39 is 5.60 Å². The van der Waals surface area contributed by atoms with Crippen LogP contribution in [0.15, 0.2) is 22.7 Å². The number of hydrogen-bond donors (Lipinski definition) is 0. The van der Waals surface area contributed by atoms with Gasteiger partial charge in [-0.1, -0.05) is 28.1 Å². The van der Waals surface area contributed by atoms with Gasteiger partial charge in [0, 0.05) is 17.6 Å². The molecule has 0 bridgehead atoms. The first-order valence-electron chi connectivity index (χ1n) is 7.51. The van der Waals surface area contributed by atoms with Crippen molar-refractivity contribution >= 4 is 22.0 Å². The lowest BCUT2D eigenvalue weighted by molar-refractivity contribution is 0.0205. The third-order valence-electron chi connectivity index (χ3n) is 3.90. The molecular weight excluding hydrogens is 330 g/mol. The van der Waals surface area contributed by atoms with Gasteiger partial charge in [-0.3, -0.25) is 0 Å². The summed E-state index contributed by atoms with van der Waals surface area (Å²) in [6.45, 7) is 9.41. The average molecular weight is 354 g/mol. The van der Waals surface area contributed by atoms with Crippen molar-refractivity contribution in [2.75, 3.05) is 13.1 Å². The minimum Gasteiger partial charge on any atom is -0.444 e. The maximum Gasteiger partial charge on any atom is 0.410 e. The molecule has 1 aromatic rings. The highest BCUT2D eigenvalue weighted by atomic mass is 79.9. The topological polar surface area (TPSA) is 29.5 Å². The number of nitrogens with zero attached hydrogens (tertiary/aromatic N) is 1. The molecule has 0 saturated carbocycles. The van der Waals surface area contributed by atoms with Gasteiger partial charge >= 0.3 is 6.09 Å². The van der Waals surface area contributed by atoms with Crippen molar-refractivity contribution in [1.82, 2.24) is 4.90 Å². The average Bonchev–Trinajstić information content (AvgIpc) is 2.40. The fourth-order valence-electron chi connectivity index (χ4n) is 2.77. The number of benzene rings is 1. The van der Waals surface area contributed by atoms with Crippen LogP contribution in [0.2, 0.25) is 0 Å². The van der Waals surface area contributed by atoms with Crippen LogP contribution in [0, 0.1) is 6.92 Å². The van der Waals surface area contributed by atoms with Gasteiger partial charge in [-0.05, 0) is 63.6 Å². The van der Waals surface area contributed by atoms with Crippen LogP contribution >= 0.6 is 15.9 Å². The van der Waals surface area contributed by atoms with Gasteiger partial charge in [-0.15, -0.1) is 0 Å². The van der Waals surface area contributed by atoms with Gasteiger partial charge in [0.1, 0.15) is 5.60 Å². The molecule has 1 aromatic carbocycles. The number of ether oxygens (including phenoxy) is 1. The predicted molar refractivity (Wildman–Crippen MR) is 88.7 cm³/mol. The van der Waals surface area contributed by atoms with E-state index >= 15 is 0 Å². The highest BCUT2D eigenvalue weighted by molar-refractivity contribution is 9.10. The van der Waals surface area contributed by atoms with E-state index in [0.717, 1.165) is 30.4 Å². The smallest absolute Gasteiger partial charge is 0.410 e. The Balaban J connectivity index is 1.97. The van der Waals surface area contributed by atoms with Crippen LogP contribution in [0.25, 0.3) is 0 Å². The van der Waals surface area contributed by atoms with Crippen molar-refractivity contribution in [3.63, 3.8) is 0 Å². The van der Waals surface area contributed by atoms with E-state index in [0.29, 0.717) is 5.92 Å². The Kier molecular flexibility index (Phi) is 4.97. The van der Waals surface area contributed by atoms with E-state index in [1.165, 1.54) is 11.1 Å². The molecule has 1 heterocycles. The summed E-state index contributed by atoms with van der Waals surface area (Å²) in [5.41, 5.74) is 2.29. The van der Waals surface area contributed by atoms with Crippen molar-refractivity contribution in [1.29, 1.82) is 0 Å². The normalized spacial score (nSPS) is 16.9. The zero-order chi connectivity index (χ0) is 15.6. The Labute approximate surface area is 135 Å². The zero-order valence-electron chi connectivity index (χ0n) is 13.3. The zero-order valence-corrected chi connectivity index (χ0v) is 14.9. The van der Waals surface area contributed by atoms with E-state index in [4.69, 9.17) is 4.74 Å². The molecule has 0 N–H and O–H groups in total. The second-order valence-electron chi connectivity index (χ2n) is 6.70. The fourth-order valence-corrected chi connectivity index (χ4v) is 3.15. The summed E-state index contributed by atoms with van der Waals surface area (Å²) in [5, 5.41) is 0. The van der Waals surface area contributed by atoms with Gasteiger partial charge in [0.2, 0.25) is 0 Å². The Hall–Kier alpha value is -1.03. The van der Waals surface area contributed by atoms with E-state index in [1.54, 1.807) is 0 Å². The first-order chi connectivity index (χ1) is 9.78. The van der Waals surface area contributed by atoms with E-state index in [1.807, 2.05) is 25.7 Å². The summed E-state index contributed by atoms with van der Waals surface area (Å²) < 4.78 is 6.60. The second-order valence-corrected chi connectivity index (χ2v) is 7.55. The van der Waals surface area contributed by atoms with Crippen LogP contribution in [0.3, 0.4) is 0 Å². The Morgan fingerprint density at radius 2 is 1.90 bits per heavy atom. The van der Waals surface area contributed by atoms with Gasteiger partial charge < -0.3 is 9.64 Å². The number of carbonyl (C=O) groups is 1. The molecule has 0 unspecified atom stereocenters. The molecule has 1 saturated heterocycles. The molecule has 21 heavy (non-hydrogen) atoms. The molecule has 1 amide bonds. The van der Waals surface area contributed by atoms with Crippen molar-refractivity contribution in [2.45, 2.75) is 52.1 Å². The van der Waals surface area contributed by atoms with Crippen LogP contribution in [-0.4, -0.2) is 29.7 Å². The standard InChI is InChI=1S/C17H24BrNO2/c1-12-14(6-5-7-15(12)18)13-8-10-19(11-9-13)16(20)21-17(2,3)4/h5-7,13H,8-11H2,1-4H3. The van der Waals surface area contributed by atoms with Crippen LogP contribution < -0.4 is 0 Å². The molecule has 2 rings (SSSR count). The number of carbonyl (C=O) groups excluding carboxylic acids is 1. The first-order valence-corrected chi connectivity index (χ1v) is 8.30. The fraction of sp³-hybridized carbons (Fsp3) is 0.588. The molecule has 0 aliphatic carbocycles. The summed E-state index contributed by atoms with van der Waals surface area (Å²) >= 11 is 3.60. The lowest BCUT2D eigenvalue weighted by atomic mass is 9.87. The van der Waals surface area contributed by atoms with Crippen LogP contribution in [-0.2, 0) is 4.74 Å². The molecule has 0 atom stereocenters. The van der Waals surface area contributed by atoms with Crippen LogP contribution in [0.5, 0.6) is 0 Å². The minimum atomic E-state index is -0.422. The summed E-state index contributed by atoms with van der Waals surface area (Å²) in [7, 11) is 0. The van der Waals surface area contributed by atoms with Crippen LogP contribution in [0.1, 0.15) is 50.7 Å². The Morgan fingerprint density at radius 1 is 1.29 bits per heavy atom. The molecule has 1 aliphatic heterocycles. The number of hydrogen-bond acceptors (Lipinski definition) is 2. The summed E-state index contributed by atoms with van der Waals surface area (Å²) in [6, 6.07) is 6.37. The van der Waals surface area contributed by atoms with E-state index in [9.17, 15) is 4.79 Å². The monoisotopic (exact) mass is 353 g/mol. The third-order valence-corrected chi connectivity index (χ3v) is 4.76. The number of amides is 1. The number of rotatable bonds is 1. The summed E-state index contributed by atoms with van der Waals surface area (Å²) in [4.78, 5) is 13.9. The quantitative estimate of drug-likeness (QED) is 0.720. The molecule has 0 spiro atoms. The molecule has 0 aromatic heterocycles. The molecule has 116 valence electrons. The van der Waals surface area contributed by atoms with Gasteiger partial charge in [0.05, 0.1) is 0 Å². The largest absolute Gasteiger partial charge is 0.444 e. The highest BCUT2D eigenvalue weighted by Gasteiger charge is 2.28. The molecule has 1 aliphatic rings. The maximum atomic E-state index is 12.1. The SMILES string of the molecule is Cc1c(Br)cccc1C1CCN(C(=O)OC(C)(C)C)CC1. The number of halogens is 1. The second kappa shape index (κ2) is 6.39. The van der Waals surface area contributed by atoms with Gasteiger partial charge in [0.15, 0.2) is 0 Å². The lowest BCUT2D eigenvalue weighted by Crippen LogP contribution is -2.41. The van der Waals surface area contributed by atoms with E-state index in [-0.39, 0.29) is 6.09 Å². The van der Waals surface area contributed by atoms with Gasteiger partial charge in [-0.2, -0.15) is 0 Å². The minimum absolute atomic E-state index is 0.188. The molecule has 4 heteroatoms. The van der Waals surface area contributed by atoms with Crippen LogP contribution in [0.4, 0.5) is 4.79 Å². The van der Waals surface area contributed by atoms with Gasteiger partial charge in [-0.25, -0.2) is 4.79 Å². The summed E-state index contributed by atoms with van der Waals surface area (Å²) in [6.07, 6.45) is 1.81. The van der Waals surface area contributed by atoms with E-state index in [2.05, 4.69) is 41.1 Å².